The summed E-state index contributed by atoms with van der Waals surface area (Å²) in [5.74, 6) is -2.80. The van der Waals surface area contributed by atoms with Crippen LogP contribution in [0.1, 0.15) is 110 Å². The number of nitrogens with one attached hydrogen (secondary N) is 4. The van der Waals surface area contributed by atoms with Gasteiger partial charge in [-0.25, -0.2) is 4.98 Å². The lowest BCUT2D eigenvalue weighted by molar-refractivity contribution is -0.146. The number of aromatic nitrogens is 2. The summed E-state index contributed by atoms with van der Waals surface area (Å²) in [6.45, 7) is 11.7. The highest BCUT2D eigenvalue weighted by atomic mass is 16.2. The normalized spacial score (nSPS) is 27.2. The van der Waals surface area contributed by atoms with Crippen molar-refractivity contribution < 1.29 is 28.8 Å². The number of rotatable bonds is 10. The molecule has 1 unspecified atom stereocenters. The predicted molar refractivity (Wildman–Crippen MR) is 185 cm³/mol. The Bertz CT molecular complexity index is 1440. The first-order valence-electron chi connectivity index (χ1n) is 18.5. The highest BCUT2D eigenvalue weighted by Gasteiger charge is 2.55. The SMILES string of the molecule is CC(C)[C@H](C)NC(=O)C(=O)[C@@H]1CCC2C[C@H]3CN(C(=O)[C@@H](NC(=O)[C@@H](NC(=O)c4cnccn4)C4CCCCC4)C(C)(C)C)[C@H](C(=O)N1)[C@H]3C2. The van der Waals surface area contributed by atoms with Gasteiger partial charge in [0.05, 0.1) is 12.2 Å². The van der Waals surface area contributed by atoms with E-state index >= 15 is 0 Å². The third kappa shape index (κ3) is 8.34. The standard InChI is InChI=1S/C37H55N7O6/c1-20(2)21(3)40-35(49)30(45)26-13-12-22-16-24-19-44(29(25(24)17-22)34(48)41-26)36(50)31(37(4,5)6)43-33(47)28(23-10-8-7-9-11-23)42-32(46)27-18-38-14-15-39-27/h14-15,18,20-26,28-29,31H,7-13,16-17,19H2,1-6H3,(H,40,49)(H,41,48)(H,42,46)(H,43,47)/t21-,22?,24-,25-,26-,28-,29-,31+/m0/s1. The molecule has 0 radical (unpaired) electrons. The second-order valence-corrected chi connectivity index (χ2v) is 16.5. The van der Waals surface area contributed by atoms with Gasteiger partial charge in [-0.05, 0) is 80.5 Å². The highest BCUT2D eigenvalue weighted by Crippen LogP contribution is 2.48. The minimum absolute atomic E-state index is 0.0785. The van der Waals surface area contributed by atoms with Crippen molar-refractivity contribution in [1.82, 2.24) is 36.1 Å². The van der Waals surface area contributed by atoms with Gasteiger partial charge in [0.1, 0.15) is 23.8 Å². The molecule has 5 rings (SSSR count). The maximum absolute atomic E-state index is 14.6. The molecule has 1 aromatic heterocycles. The fourth-order valence-corrected chi connectivity index (χ4v) is 8.34. The topological polar surface area (TPSA) is 180 Å². The van der Waals surface area contributed by atoms with E-state index in [2.05, 4.69) is 31.2 Å². The fraction of sp³-hybridized carbons (Fsp3) is 0.730. The molecule has 0 aromatic carbocycles. The van der Waals surface area contributed by atoms with E-state index in [0.29, 0.717) is 19.4 Å². The van der Waals surface area contributed by atoms with Gasteiger partial charge in [-0.15, -0.1) is 0 Å². The molecule has 2 aliphatic heterocycles. The Morgan fingerprint density at radius 1 is 0.920 bits per heavy atom. The molecule has 274 valence electrons. The van der Waals surface area contributed by atoms with Crippen LogP contribution in [0, 0.1) is 35.0 Å². The Hall–Kier alpha value is -3.90. The van der Waals surface area contributed by atoms with Crippen LogP contribution in [-0.4, -0.2) is 86.9 Å². The molecule has 50 heavy (non-hydrogen) atoms. The largest absolute Gasteiger partial charge is 0.347 e. The van der Waals surface area contributed by atoms with Gasteiger partial charge in [0.15, 0.2) is 0 Å². The first-order valence-corrected chi connectivity index (χ1v) is 18.5. The van der Waals surface area contributed by atoms with Crippen molar-refractivity contribution in [2.45, 2.75) is 130 Å². The van der Waals surface area contributed by atoms with Gasteiger partial charge in [0, 0.05) is 25.0 Å². The number of Topliss-reactive ketones (excluding diaryl/α,β-unsaturated/α-hetero) is 1. The third-order valence-electron chi connectivity index (χ3n) is 11.5. The van der Waals surface area contributed by atoms with Crippen LogP contribution in [-0.2, 0) is 24.0 Å². The number of carbonyl (C=O) groups is 6. The van der Waals surface area contributed by atoms with Crippen molar-refractivity contribution >= 4 is 35.3 Å². The summed E-state index contributed by atoms with van der Waals surface area (Å²) in [4.78, 5) is 92.0. The Morgan fingerprint density at radius 2 is 1.64 bits per heavy atom. The molecule has 4 N–H and O–H groups in total. The van der Waals surface area contributed by atoms with Gasteiger partial charge in [-0.3, -0.25) is 33.8 Å². The molecule has 8 atom stereocenters. The lowest BCUT2D eigenvalue weighted by Crippen LogP contribution is -2.62. The lowest BCUT2D eigenvalue weighted by atomic mass is 9.82. The molecule has 3 heterocycles. The Morgan fingerprint density at radius 3 is 2.28 bits per heavy atom. The second kappa shape index (κ2) is 15.6. The molecule has 4 aliphatic rings. The van der Waals surface area contributed by atoms with Gasteiger partial charge in [-0.2, -0.15) is 0 Å². The summed E-state index contributed by atoms with van der Waals surface area (Å²) < 4.78 is 0. The second-order valence-electron chi connectivity index (χ2n) is 16.5. The van der Waals surface area contributed by atoms with Crippen molar-refractivity contribution in [3.05, 3.63) is 24.3 Å². The van der Waals surface area contributed by atoms with Gasteiger partial charge < -0.3 is 26.2 Å². The molecule has 5 amide bonds. The van der Waals surface area contributed by atoms with Crippen molar-refractivity contribution in [2.75, 3.05) is 6.54 Å². The van der Waals surface area contributed by atoms with E-state index in [-0.39, 0.29) is 47.2 Å². The van der Waals surface area contributed by atoms with Crippen LogP contribution in [0.2, 0.25) is 0 Å². The number of hydrogen-bond acceptors (Lipinski definition) is 8. The third-order valence-corrected chi connectivity index (χ3v) is 11.5. The molecule has 4 fully saturated rings. The van der Waals surface area contributed by atoms with Crippen LogP contribution in [0.15, 0.2) is 18.6 Å². The molecular weight excluding hydrogens is 638 g/mol. The molecule has 1 aromatic rings. The molecule has 2 bridgehead atoms. The quantitative estimate of drug-likeness (QED) is 0.270. The van der Waals surface area contributed by atoms with Crippen molar-refractivity contribution in [2.24, 2.45) is 35.0 Å². The van der Waals surface area contributed by atoms with Crippen molar-refractivity contribution in [3.63, 3.8) is 0 Å². The van der Waals surface area contributed by atoms with E-state index in [1.54, 1.807) is 4.90 Å². The minimum Gasteiger partial charge on any atom is -0.347 e. The summed E-state index contributed by atoms with van der Waals surface area (Å²) in [7, 11) is 0. The zero-order valence-electron chi connectivity index (χ0n) is 30.4. The average Bonchev–Trinajstić information content (AvgIpc) is 3.65. The van der Waals surface area contributed by atoms with Crippen LogP contribution < -0.4 is 21.3 Å². The maximum Gasteiger partial charge on any atom is 0.289 e. The summed E-state index contributed by atoms with van der Waals surface area (Å²) in [5, 5.41) is 11.5. The average molecular weight is 694 g/mol. The van der Waals surface area contributed by atoms with Crippen molar-refractivity contribution in [1.29, 1.82) is 0 Å². The number of amides is 5. The first-order chi connectivity index (χ1) is 23.6. The zero-order valence-corrected chi connectivity index (χ0v) is 30.4. The molecular formula is C37H55N7O6. The molecule has 2 saturated carbocycles. The van der Waals surface area contributed by atoms with E-state index in [1.807, 2.05) is 41.5 Å². The molecule has 0 spiro atoms. The van der Waals surface area contributed by atoms with E-state index in [4.69, 9.17) is 0 Å². The van der Waals surface area contributed by atoms with Crippen molar-refractivity contribution in [3.8, 4) is 0 Å². The van der Waals surface area contributed by atoms with Gasteiger partial charge in [0.25, 0.3) is 11.8 Å². The molecule has 2 aliphatic carbocycles. The summed E-state index contributed by atoms with van der Waals surface area (Å²) in [5.41, 5.74) is -0.640. The fourth-order valence-electron chi connectivity index (χ4n) is 8.34. The molecule has 13 heteroatoms. The van der Waals surface area contributed by atoms with Crippen LogP contribution in [0.25, 0.3) is 0 Å². The molecule has 13 nitrogen and oxygen atoms in total. The summed E-state index contributed by atoms with van der Waals surface area (Å²) >= 11 is 0. The van der Waals surface area contributed by atoms with Crippen LogP contribution >= 0.6 is 0 Å². The number of fused-ring (bicyclic) bond motifs is 1. The van der Waals surface area contributed by atoms with Gasteiger partial charge in [-0.1, -0.05) is 53.9 Å². The number of hydrogen-bond donors (Lipinski definition) is 4. The van der Waals surface area contributed by atoms with E-state index in [9.17, 15) is 28.8 Å². The Kier molecular flexibility index (Phi) is 11.6. The monoisotopic (exact) mass is 693 g/mol. The Labute approximate surface area is 295 Å². The van der Waals surface area contributed by atoms with Gasteiger partial charge >= 0.3 is 0 Å². The number of likely N-dealkylation sites (tertiary alicyclic amines) is 1. The zero-order chi connectivity index (χ0) is 36.3. The number of carbonyl (C=O) groups excluding carboxylic acids is 6. The first kappa shape index (κ1) is 37.4. The van der Waals surface area contributed by atoms with E-state index in [0.717, 1.165) is 44.9 Å². The lowest BCUT2D eigenvalue weighted by Gasteiger charge is -2.38. The van der Waals surface area contributed by atoms with E-state index < -0.39 is 59.0 Å². The minimum atomic E-state index is -0.995. The maximum atomic E-state index is 14.6. The summed E-state index contributed by atoms with van der Waals surface area (Å²) in [6.07, 6.45) is 11.4. The van der Waals surface area contributed by atoms with E-state index in [1.165, 1.54) is 18.6 Å². The number of nitrogens with zero attached hydrogens (tertiary/aromatic N) is 3. The summed E-state index contributed by atoms with van der Waals surface area (Å²) in [6, 6.07) is -3.89. The van der Waals surface area contributed by atoms with Crippen LogP contribution in [0.3, 0.4) is 0 Å². The molecule has 2 saturated heterocycles. The van der Waals surface area contributed by atoms with Gasteiger partial charge in [0.2, 0.25) is 23.5 Å². The highest BCUT2D eigenvalue weighted by molar-refractivity contribution is 6.38. The van der Waals surface area contributed by atoms with Crippen LogP contribution in [0.5, 0.6) is 0 Å². The van der Waals surface area contributed by atoms with Crippen LogP contribution in [0.4, 0.5) is 0 Å². The Balaban J connectivity index is 1.36. The number of ketones is 1. The predicted octanol–water partition coefficient (Wildman–Crippen LogP) is 2.55. The smallest absolute Gasteiger partial charge is 0.289 e.